The molecule has 2 aliphatic heterocycles. The van der Waals surface area contributed by atoms with Crippen LogP contribution in [0.1, 0.15) is 51.1 Å². The summed E-state index contributed by atoms with van der Waals surface area (Å²) in [4.78, 5) is 41.7. The summed E-state index contributed by atoms with van der Waals surface area (Å²) in [5.74, 6) is 0.798. The number of fused-ring (bicyclic) bond motifs is 1. The number of ether oxygens (including phenoxy) is 1. The Labute approximate surface area is 180 Å². The van der Waals surface area contributed by atoms with Gasteiger partial charge in [-0.1, -0.05) is 0 Å². The van der Waals surface area contributed by atoms with Crippen molar-refractivity contribution in [1.29, 1.82) is 0 Å². The van der Waals surface area contributed by atoms with Crippen LogP contribution in [0.2, 0.25) is 0 Å². The molecular weight excluding hydrogens is 394 g/mol. The zero-order valence-electron chi connectivity index (χ0n) is 17.5. The van der Waals surface area contributed by atoms with E-state index in [9.17, 15) is 9.59 Å². The van der Waals surface area contributed by atoms with Gasteiger partial charge in [0.25, 0.3) is 11.8 Å². The van der Waals surface area contributed by atoms with E-state index in [2.05, 4.69) is 15.0 Å². The van der Waals surface area contributed by atoms with Crippen molar-refractivity contribution < 1.29 is 14.3 Å². The number of pyridine rings is 1. The molecule has 1 N–H and O–H groups in total. The summed E-state index contributed by atoms with van der Waals surface area (Å²) < 4.78 is 5.32. The van der Waals surface area contributed by atoms with Gasteiger partial charge in [0.1, 0.15) is 5.82 Å². The van der Waals surface area contributed by atoms with Crippen LogP contribution in [0, 0.1) is 6.92 Å². The lowest BCUT2D eigenvalue weighted by atomic mass is 10.1. The van der Waals surface area contributed by atoms with Crippen molar-refractivity contribution in [3.8, 4) is 0 Å². The summed E-state index contributed by atoms with van der Waals surface area (Å²) in [5.41, 5.74) is 3.75. The highest BCUT2D eigenvalue weighted by Gasteiger charge is 2.32. The number of nitrogens with zero attached hydrogens (tertiary/aromatic N) is 4. The summed E-state index contributed by atoms with van der Waals surface area (Å²) in [7, 11) is 0. The first-order valence-corrected chi connectivity index (χ1v) is 10.7. The Bertz CT molecular complexity index is 1120. The Balaban J connectivity index is 1.34. The molecule has 2 fully saturated rings. The first kappa shape index (κ1) is 19.7. The minimum atomic E-state index is -0.0840. The molecule has 2 aromatic heterocycles. The topological polar surface area (TPSA) is 91.4 Å². The molecule has 2 amide bonds. The molecule has 0 aliphatic carbocycles. The minimum Gasteiger partial charge on any atom is -0.378 e. The fraction of sp³-hybridized carbons (Fsp3) is 0.391. The number of aryl methyl sites for hydroxylation is 1. The van der Waals surface area contributed by atoms with Crippen LogP contribution in [-0.2, 0) is 4.74 Å². The number of rotatable bonds is 3. The van der Waals surface area contributed by atoms with E-state index in [1.807, 2.05) is 42.2 Å². The van der Waals surface area contributed by atoms with Crippen LogP contribution in [0.25, 0.3) is 11.0 Å². The number of aromatic nitrogens is 3. The third-order valence-electron chi connectivity index (χ3n) is 6.03. The summed E-state index contributed by atoms with van der Waals surface area (Å²) in [5, 5.41) is 0. The maximum Gasteiger partial charge on any atom is 0.255 e. The number of hydrogen-bond acceptors (Lipinski definition) is 5. The Morgan fingerprint density at radius 2 is 1.87 bits per heavy atom. The van der Waals surface area contributed by atoms with Gasteiger partial charge in [-0.25, -0.2) is 4.98 Å². The van der Waals surface area contributed by atoms with Crippen molar-refractivity contribution in [1.82, 2.24) is 24.8 Å². The van der Waals surface area contributed by atoms with E-state index >= 15 is 0 Å². The highest BCUT2D eigenvalue weighted by atomic mass is 16.5. The van der Waals surface area contributed by atoms with Crippen LogP contribution >= 0.6 is 0 Å². The molecule has 3 aromatic rings. The molecular formula is C23H25N5O3. The van der Waals surface area contributed by atoms with Gasteiger partial charge in [0.2, 0.25) is 0 Å². The lowest BCUT2D eigenvalue weighted by Crippen LogP contribution is -2.40. The second-order valence-electron chi connectivity index (χ2n) is 8.09. The van der Waals surface area contributed by atoms with Gasteiger partial charge in [-0.3, -0.25) is 14.6 Å². The number of morpholine rings is 1. The Kier molecular flexibility index (Phi) is 5.15. The summed E-state index contributed by atoms with van der Waals surface area (Å²) >= 11 is 0. The van der Waals surface area contributed by atoms with E-state index in [-0.39, 0.29) is 17.9 Å². The largest absolute Gasteiger partial charge is 0.378 e. The van der Waals surface area contributed by atoms with Gasteiger partial charge in [-0.2, -0.15) is 0 Å². The van der Waals surface area contributed by atoms with Gasteiger partial charge in [0.15, 0.2) is 0 Å². The van der Waals surface area contributed by atoms with E-state index < -0.39 is 0 Å². The van der Waals surface area contributed by atoms with Crippen LogP contribution in [0.15, 0.2) is 36.5 Å². The smallest absolute Gasteiger partial charge is 0.255 e. The van der Waals surface area contributed by atoms with Crippen molar-refractivity contribution >= 4 is 22.8 Å². The van der Waals surface area contributed by atoms with Crippen LogP contribution in [-0.4, -0.2) is 69.4 Å². The van der Waals surface area contributed by atoms with Crippen LogP contribution < -0.4 is 0 Å². The molecule has 5 rings (SSSR count). The second-order valence-corrected chi connectivity index (χ2v) is 8.09. The number of aromatic amines is 1. The van der Waals surface area contributed by atoms with Gasteiger partial charge < -0.3 is 19.5 Å². The number of amides is 2. The standard InChI is InChI=1S/C23H25N5O3/c1-15-25-18-6-4-16(13-20(18)26-15)23(30)28-8-2-3-21(28)19-7-5-17(14-24-19)22(29)27-9-11-31-12-10-27/h4-7,13-14,21H,2-3,8-12H2,1H3,(H,25,26)/t21-/m0/s1. The normalized spacial score (nSPS) is 19.2. The monoisotopic (exact) mass is 419 g/mol. The van der Waals surface area contributed by atoms with E-state index in [1.165, 1.54) is 0 Å². The molecule has 31 heavy (non-hydrogen) atoms. The average Bonchev–Trinajstić information content (AvgIpc) is 3.44. The first-order chi connectivity index (χ1) is 15.1. The number of carbonyl (C=O) groups excluding carboxylic acids is 2. The zero-order chi connectivity index (χ0) is 21.4. The molecule has 0 unspecified atom stereocenters. The molecule has 2 aliphatic rings. The molecule has 8 nitrogen and oxygen atoms in total. The molecule has 8 heteroatoms. The molecule has 0 bridgehead atoms. The quantitative estimate of drug-likeness (QED) is 0.705. The first-order valence-electron chi connectivity index (χ1n) is 10.7. The molecule has 160 valence electrons. The van der Waals surface area contributed by atoms with Gasteiger partial charge in [-0.15, -0.1) is 0 Å². The van der Waals surface area contributed by atoms with Crippen LogP contribution in [0.5, 0.6) is 0 Å². The Morgan fingerprint density at radius 3 is 2.65 bits per heavy atom. The number of imidazole rings is 1. The third-order valence-corrected chi connectivity index (χ3v) is 6.03. The van der Waals surface area contributed by atoms with E-state index in [0.29, 0.717) is 44.0 Å². The fourth-order valence-electron chi connectivity index (χ4n) is 4.43. The number of carbonyl (C=O) groups is 2. The highest BCUT2D eigenvalue weighted by Crippen LogP contribution is 2.32. The third kappa shape index (κ3) is 3.79. The average molecular weight is 419 g/mol. The number of hydrogen-bond donors (Lipinski definition) is 1. The van der Waals surface area contributed by atoms with Crippen LogP contribution in [0.4, 0.5) is 0 Å². The summed E-state index contributed by atoms with van der Waals surface area (Å²) in [6.07, 6.45) is 3.42. The van der Waals surface area contributed by atoms with Gasteiger partial charge in [-0.05, 0) is 50.1 Å². The van der Waals surface area contributed by atoms with Gasteiger partial charge in [0.05, 0.1) is 41.5 Å². The van der Waals surface area contributed by atoms with E-state index in [1.54, 1.807) is 11.1 Å². The highest BCUT2D eigenvalue weighted by molar-refractivity contribution is 5.98. The molecule has 0 saturated carbocycles. The SMILES string of the molecule is Cc1nc2ccc(C(=O)N3CCC[C@H]3c3ccc(C(=O)N4CCOCC4)cn3)cc2[nH]1. The molecule has 0 spiro atoms. The maximum absolute atomic E-state index is 13.3. The van der Waals surface area contributed by atoms with Crippen molar-refractivity contribution in [2.75, 3.05) is 32.8 Å². The van der Waals surface area contributed by atoms with E-state index in [4.69, 9.17) is 4.74 Å². The zero-order valence-corrected chi connectivity index (χ0v) is 17.5. The summed E-state index contributed by atoms with van der Waals surface area (Å²) in [6.45, 7) is 4.94. The van der Waals surface area contributed by atoms with Crippen LogP contribution in [0.3, 0.4) is 0 Å². The number of nitrogens with one attached hydrogen (secondary N) is 1. The van der Waals surface area contributed by atoms with Crippen molar-refractivity contribution in [3.63, 3.8) is 0 Å². The number of H-pyrrole nitrogens is 1. The van der Waals surface area contributed by atoms with Crippen molar-refractivity contribution in [2.24, 2.45) is 0 Å². The van der Waals surface area contributed by atoms with Crippen molar-refractivity contribution in [3.05, 3.63) is 59.2 Å². The Morgan fingerprint density at radius 1 is 1.06 bits per heavy atom. The molecule has 1 atom stereocenters. The maximum atomic E-state index is 13.3. The lowest BCUT2D eigenvalue weighted by Gasteiger charge is -2.27. The molecule has 1 aromatic carbocycles. The summed E-state index contributed by atoms with van der Waals surface area (Å²) in [6, 6.07) is 9.19. The van der Waals surface area contributed by atoms with Gasteiger partial charge in [0, 0.05) is 31.4 Å². The second kappa shape index (κ2) is 8.11. The minimum absolute atomic E-state index is 0.00748. The predicted molar refractivity (Wildman–Crippen MR) is 115 cm³/mol. The Hall–Kier alpha value is -3.26. The fourth-order valence-corrected chi connectivity index (χ4v) is 4.43. The van der Waals surface area contributed by atoms with Gasteiger partial charge >= 0.3 is 0 Å². The molecule has 2 saturated heterocycles. The number of likely N-dealkylation sites (tertiary alicyclic amines) is 1. The lowest BCUT2D eigenvalue weighted by molar-refractivity contribution is 0.0302. The van der Waals surface area contributed by atoms with Crippen molar-refractivity contribution in [2.45, 2.75) is 25.8 Å². The predicted octanol–water partition coefficient (Wildman–Crippen LogP) is 2.72. The number of benzene rings is 1. The molecule has 0 radical (unpaired) electrons. The van der Waals surface area contributed by atoms with E-state index in [0.717, 1.165) is 35.4 Å². The molecule has 4 heterocycles.